The highest BCUT2D eigenvalue weighted by Crippen LogP contribution is 2.65. The molecule has 0 unspecified atom stereocenters. The third-order valence-electron chi connectivity index (χ3n) is 6.95. The minimum absolute atomic E-state index is 0.0748. The molecule has 1 saturated carbocycles. The predicted octanol–water partition coefficient (Wildman–Crippen LogP) is 4.27. The van der Waals surface area contributed by atoms with Crippen LogP contribution in [0.4, 0.5) is 0 Å². The fraction of sp³-hybridized carbons (Fsp3) is 0.684. The van der Waals surface area contributed by atoms with E-state index < -0.39 is 8.32 Å². The summed E-state index contributed by atoms with van der Waals surface area (Å²) in [6.07, 6.45) is 1.58. The third kappa shape index (κ3) is 1.98. The lowest BCUT2D eigenvalue weighted by Crippen LogP contribution is -2.64. The minimum atomic E-state index is -1.79. The first-order valence-corrected chi connectivity index (χ1v) is 11.3. The lowest BCUT2D eigenvalue weighted by Gasteiger charge is -2.59. The zero-order chi connectivity index (χ0) is 16.4. The Morgan fingerprint density at radius 2 is 1.91 bits per heavy atom. The van der Waals surface area contributed by atoms with Crippen molar-refractivity contribution in [2.75, 3.05) is 6.61 Å². The zero-order valence-electron chi connectivity index (χ0n) is 14.9. The van der Waals surface area contributed by atoms with E-state index in [4.69, 9.17) is 4.43 Å². The van der Waals surface area contributed by atoms with Crippen molar-refractivity contribution in [3.63, 3.8) is 0 Å². The summed E-state index contributed by atoms with van der Waals surface area (Å²) < 4.78 is 6.55. The second-order valence-corrected chi connectivity index (χ2v) is 13.9. The van der Waals surface area contributed by atoms with Crippen molar-refractivity contribution in [1.82, 2.24) is 0 Å². The SMILES string of the molecule is CC(C)(C)[Si](C)(C)OC[C@]12Cc3ccccc3[C@@]1(C)C[C@H]2O. The summed E-state index contributed by atoms with van der Waals surface area (Å²) in [6.45, 7) is 14.4. The summed E-state index contributed by atoms with van der Waals surface area (Å²) in [5, 5.41) is 10.8. The van der Waals surface area contributed by atoms with E-state index in [2.05, 4.69) is 65.1 Å². The highest BCUT2D eigenvalue weighted by atomic mass is 28.4. The maximum Gasteiger partial charge on any atom is 0.192 e. The van der Waals surface area contributed by atoms with Crippen LogP contribution in [0.5, 0.6) is 0 Å². The summed E-state index contributed by atoms with van der Waals surface area (Å²) in [6, 6.07) is 8.70. The molecule has 3 rings (SSSR count). The molecule has 2 nitrogen and oxygen atoms in total. The van der Waals surface area contributed by atoms with E-state index in [0.717, 1.165) is 12.8 Å². The highest BCUT2D eigenvalue weighted by Gasteiger charge is 2.67. The Labute approximate surface area is 136 Å². The molecule has 0 bridgehead atoms. The van der Waals surface area contributed by atoms with Gasteiger partial charge in [-0.15, -0.1) is 0 Å². The van der Waals surface area contributed by atoms with Crippen molar-refractivity contribution in [3.05, 3.63) is 35.4 Å². The lowest BCUT2D eigenvalue weighted by molar-refractivity contribution is -0.148. The largest absolute Gasteiger partial charge is 0.416 e. The smallest absolute Gasteiger partial charge is 0.192 e. The fourth-order valence-corrected chi connectivity index (χ4v) is 5.15. The summed E-state index contributed by atoms with van der Waals surface area (Å²) in [7, 11) is -1.79. The molecule has 0 aliphatic heterocycles. The zero-order valence-corrected chi connectivity index (χ0v) is 15.9. The van der Waals surface area contributed by atoms with Crippen LogP contribution in [0.15, 0.2) is 24.3 Å². The Morgan fingerprint density at radius 3 is 2.50 bits per heavy atom. The van der Waals surface area contributed by atoms with E-state index in [1.807, 2.05) is 0 Å². The molecule has 0 heterocycles. The normalized spacial score (nSPS) is 34.0. The molecule has 0 radical (unpaired) electrons. The van der Waals surface area contributed by atoms with Crippen molar-refractivity contribution in [1.29, 1.82) is 0 Å². The van der Waals surface area contributed by atoms with Gasteiger partial charge in [-0.25, -0.2) is 0 Å². The van der Waals surface area contributed by atoms with Crippen molar-refractivity contribution in [2.24, 2.45) is 5.41 Å². The maximum atomic E-state index is 10.6. The molecule has 1 N–H and O–H groups in total. The Hall–Kier alpha value is -0.643. The summed E-state index contributed by atoms with van der Waals surface area (Å²) >= 11 is 0. The molecule has 0 amide bonds. The number of hydrogen-bond acceptors (Lipinski definition) is 2. The van der Waals surface area contributed by atoms with Crippen LogP contribution in [0.3, 0.4) is 0 Å². The van der Waals surface area contributed by atoms with Gasteiger partial charge in [0.05, 0.1) is 6.10 Å². The minimum Gasteiger partial charge on any atom is -0.416 e. The topological polar surface area (TPSA) is 29.5 Å². The van der Waals surface area contributed by atoms with Crippen LogP contribution < -0.4 is 0 Å². The first kappa shape index (κ1) is 16.2. The van der Waals surface area contributed by atoms with Crippen LogP contribution in [0.1, 0.15) is 45.2 Å². The van der Waals surface area contributed by atoms with E-state index in [0.29, 0.717) is 6.61 Å². The molecule has 3 atom stereocenters. The monoisotopic (exact) mass is 318 g/mol. The molecular weight excluding hydrogens is 288 g/mol. The first-order valence-electron chi connectivity index (χ1n) is 8.44. The lowest BCUT2D eigenvalue weighted by atomic mass is 9.49. The van der Waals surface area contributed by atoms with Crippen LogP contribution in [0.25, 0.3) is 0 Å². The average Bonchev–Trinajstić information content (AvgIpc) is 2.61. The molecule has 0 aromatic heterocycles. The van der Waals surface area contributed by atoms with Gasteiger partial charge in [0, 0.05) is 17.4 Å². The molecule has 0 saturated heterocycles. The van der Waals surface area contributed by atoms with Gasteiger partial charge in [0.1, 0.15) is 0 Å². The van der Waals surface area contributed by atoms with Crippen LogP contribution in [0, 0.1) is 5.41 Å². The van der Waals surface area contributed by atoms with Crippen molar-refractivity contribution in [3.8, 4) is 0 Å². The Balaban J connectivity index is 1.88. The summed E-state index contributed by atoms with van der Waals surface area (Å²) in [4.78, 5) is 0. The molecule has 2 aliphatic rings. The number of hydrogen-bond donors (Lipinski definition) is 1. The third-order valence-corrected chi connectivity index (χ3v) is 11.4. The maximum absolute atomic E-state index is 10.6. The number of fused-ring (bicyclic) bond motifs is 3. The number of aliphatic hydroxyl groups is 1. The van der Waals surface area contributed by atoms with Crippen LogP contribution in [0.2, 0.25) is 18.1 Å². The number of benzene rings is 1. The first-order chi connectivity index (χ1) is 10.0. The van der Waals surface area contributed by atoms with Crippen LogP contribution >= 0.6 is 0 Å². The van der Waals surface area contributed by atoms with Gasteiger partial charge >= 0.3 is 0 Å². The summed E-state index contributed by atoms with van der Waals surface area (Å²) in [5.74, 6) is 0. The number of aliphatic hydroxyl groups excluding tert-OH is 1. The van der Waals surface area contributed by atoms with Gasteiger partial charge < -0.3 is 9.53 Å². The molecule has 22 heavy (non-hydrogen) atoms. The predicted molar refractivity (Wildman–Crippen MR) is 93.7 cm³/mol. The van der Waals surface area contributed by atoms with Gasteiger partial charge in [0.2, 0.25) is 0 Å². The molecule has 2 aliphatic carbocycles. The molecule has 3 heteroatoms. The number of rotatable bonds is 3. The fourth-order valence-electron chi connectivity index (χ4n) is 4.10. The van der Waals surface area contributed by atoms with E-state index in [1.165, 1.54) is 11.1 Å². The highest BCUT2D eigenvalue weighted by molar-refractivity contribution is 6.74. The Kier molecular flexibility index (Phi) is 3.45. The molecule has 1 aromatic rings. The summed E-state index contributed by atoms with van der Waals surface area (Å²) in [5.41, 5.74) is 2.79. The Bertz CT molecular complexity index is 589. The quantitative estimate of drug-likeness (QED) is 0.843. The second kappa shape index (κ2) is 4.68. The standard InChI is InChI=1S/C19H30O2Si/c1-17(2,3)22(5,6)21-13-19-11-14-9-7-8-10-15(14)18(19,4)12-16(19)20/h7-10,16,20H,11-13H2,1-6H3/t16-,18-,19+/m1/s1. The average molecular weight is 319 g/mol. The Morgan fingerprint density at radius 1 is 1.27 bits per heavy atom. The van der Waals surface area contributed by atoms with Crippen LogP contribution in [-0.4, -0.2) is 26.1 Å². The van der Waals surface area contributed by atoms with Crippen molar-refractivity contribution in [2.45, 2.75) is 70.2 Å². The molecule has 0 spiro atoms. The van der Waals surface area contributed by atoms with E-state index in [1.54, 1.807) is 0 Å². The van der Waals surface area contributed by atoms with Crippen molar-refractivity contribution < 1.29 is 9.53 Å². The van der Waals surface area contributed by atoms with E-state index >= 15 is 0 Å². The van der Waals surface area contributed by atoms with Gasteiger partial charge in [-0.3, -0.25) is 0 Å². The van der Waals surface area contributed by atoms with Crippen molar-refractivity contribution >= 4 is 8.32 Å². The van der Waals surface area contributed by atoms with Gasteiger partial charge in [-0.05, 0) is 42.1 Å². The van der Waals surface area contributed by atoms with Gasteiger partial charge in [0.15, 0.2) is 8.32 Å². The molecular formula is C19H30O2Si. The molecule has 1 aromatic carbocycles. The van der Waals surface area contributed by atoms with Gasteiger partial charge in [-0.2, -0.15) is 0 Å². The molecule has 122 valence electrons. The van der Waals surface area contributed by atoms with Crippen LogP contribution in [-0.2, 0) is 16.3 Å². The second-order valence-electron chi connectivity index (χ2n) is 9.09. The molecule has 1 fully saturated rings. The van der Waals surface area contributed by atoms with Gasteiger partial charge in [0.25, 0.3) is 0 Å². The van der Waals surface area contributed by atoms with E-state index in [9.17, 15) is 5.11 Å². The van der Waals surface area contributed by atoms with E-state index in [-0.39, 0.29) is 22.0 Å². The van der Waals surface area contributed by atoms with Gasteiger partial charge in [-0.1, -0.05) is 52.0 Å².